The number of nitrogens with zero attached hydrogens (tertiary/aromatic N) is 1. The molecular formula is C10H14N2O. The minimum absolute atomic E-state index is 0.0990. The first-order valence-corrected chi connectivity index (χ1v) is 4.72. The second-order valence-electron chi connectivity index (χ2n) is 3.57. The van der Waals surface area contributed by atoms with E-state index in [1.54, 1.807) is 12.1 Å². The molecule has 1 aromatic heterocycles. The molecule has 1 fully saturated rings. The lowest BCUT2D eigenvalue weighted by molar-refractivity contribution is 0.305. The maximum Gasteiger partial charge on any atom is 0.250 e. The summed E-state index contributed by atoms with van der Waals surface area (Å²) in [4.78, 5) is 11.4. The van der Waals surface area contributed by atoms with Gasteiger partial charge in [-0.15, -0.1) is 0 Å². The summed E-state index contributed by atoms with van der Waals surface area (Å²) in [6.45, 7) is 0.507. The predicted molar refractivity (Wildman–Crippen MR) is 51.5 cm³/mol. The van der Waals surface area contributed by atoms with Crippen molar-refractivity contribution < 1.29 is 0 Å². The van der Waals surface area contributed by atoms with Crippen molar-refractivity contribution in [2.24, 2.45) is 5.73 Å². The van der Waals surface area contributed by atoms with E-state index < -0.39 is 0 Å². The summed E-state index contributed by atoms with van der Waals surface area (Å²) in [5.41, 5.74) is 6.65. The predicted octanol–water partition coefficient (Wildman–Crippen LogP) is 1.03. The highest BCUT2D eigenvalue weighted by Crippen LogP contribution is 2.29. The van der Waals surface area contributed by atoms with Crippen LogP contribution in [0.3, 0.4) is 0 Å². The van der Waals surface area contributed by atoms with E-state index >= 15 is 0 Å². The monoisotopic (exact) mass is 178 g/mol. The zero-order valence-electron chi connectivity index (χ0n) is 7.57. The van der Waals surface area contributed by atoms with Crippen LogP contribution in [0.5, 0.6) is 0 Å². The van der Waals surface area contributed by atoms with Crippen molar-refractivity contribution >= 4 is 0 Å². The van der Waals surface area contributed by atoms with Crippen LogP contribution in [0.4, 0.5) is 0 Å². The smallest absolute Gasteiger partial charge is 0.250 e. The van der Waals surface area contributed by atoms with Gasteiger partial charge in [-0.1, -0.05) is 6.07 Å². The fraction of sp³-hybridized carbons (Fsp3) is 0.500. The summed E-state index contributed by atoms with van der Waals surface area (Å²) in [6.07, 6.45) is 5.40. The lowest BCUT2D eigenvalue weighted by Crippen LogP contribution is -2.28. The average molecular weight is 178 g/mol. The molecule has 1 aliphatic rings. The maximum absolute atomic E-state index is 11.4. The van der Waals surface area contributed by atoms with Gasteiger partial charge in [0.05, 0.1) is 0 Å². The van der Waals surface area contributed by atoms with Crippen molar-refractivity contribution in [1.82, 2.24) is 4.57 Å². The van der Waals surface area contributed by atoms with Crippen LogP contribution in [0.25, 0.3) is 0 Å². The Morgan fingerprint density at radius 1 is 1.46 bits per heavy atom. The summed E-state index contributed by atoms with van der Waals surface area (Å²) in [5, 5.41) is 0. The standard InChI is InChI=1S/C10H14N2O/c11-6-8-4-5-10(13)12(7-8)9-2-1-3-9/h4-5,7,9H,1-3,6,11H2. The van der Waals surface area contributed by atoms with Crippen LogP contribution in [-0.4, -0.2) is 4.57 Å². The van der Waals surface area contributed by atoms with Crippen molar-refractivity contribution in [1.29, 1.82) is 0 Å². The molecule has 0 radical (unpaired) electrons. The summed E-state index contributed by atoms with van der Waals surface area (Å²) >= 11 is 0. The lowest BCUT2D eigenvalue weighted by atomic mass is 9.92. The van der Waals surface area contributed by atoms with Gasteiger partial charge in [-0.25, -0.2) is 0 Å². The molecule has 2 rings (SSSR count). The van der Waals surface area contributed by atoms with Gasteiger partial charge >= 0.3 is 0 Å². The minimum Gasteiger partial charge on any atom is -0.326 e. The Morgan fingerprint density at radius 2 is 2.23 bits per heavy atom. The van der Waals surface area contributed by atoms with Gasteiger partial charge in [-0.05, 0) is 24.8 Å². The molecule has 2 N–H and O–H groups in total. The first-order chi connectivity index (χ1) is 6.31. The zero-order valence-corrected chi connectivity index (χ0v) is 7.57. The Morgan fingerprint density at radius 3 is 2.77 bits per heavy atom. The second kappa shape index (κ2) is 3.34. The van der Waals surface area contributed by atoms with Crippen LogP contribution in [0.2, 0.25) is 0 Å². The van der Waals surface area contributed by atoms with Crippen LogP contribution in [-0.2, 0) is 6.54 Å². The van der Waals surface area contributed by atoms with Gasteiger partial charge < -0.3 is 10.3 Å². The molecular weight excluding hydrogens is 164 g/mol. The molecule has 70 valence electrons. The van der Waals surface area contributed by atoms with Gasteiger partial charge in [0.2, 0.25) is 0 Å². The number of nitrogens with two attached hydrogens (primary N) is 1. The average Bonchev–Trinajstić information content (AvgIpc) is 2.06. The Labute approximate surface area is 77.2 Å². The Balaban J connectivity index is 2.36. The van der Waals surface area contributed by atoms with E-state index in [2.05, 4.69) is 0 Å². The van der Waals surface area contributed by atoms with Crippen molar-refractivity contribution in [3.05, 3.63) is 34.2 Å². The number of pyridine rings is 1. The third kappa shape index (κ3) is 1.52. The quantitative estimate of drug-likeness (QED) is 0.735. The molecule has 1 aliphatic carbocycles. The summed E-state index contributed by atoms with van der Waals surface area (Å²) in [6, 6.07) is 3.84. The van der Waals surface area contributed by atoms with Gasteiger partial charge in [-0.3, -0.25) is 4.79 Å². The normalized spacial score (nSPS) is 17.0. The number of rotatable bonds is 2. The number of hydrogen-bond acceptors (Lipinski definition) is 2. The van der Waals surface area contributed by atoms with Gasteiger partial charge in [0.25, 0.3) is 5.56 Å². The molecule has 0 atom stereocenters. The van der Waals surface area contributed by atoms with E-state index in [1.807, 2.05) is 10.8 Å². The first-order valence-electron chi connectivity index (χ1n) is 4.72. The number of aromatic nitrogens is 1. The van der Waals surface area contributed by atoms with E-state index in [1.165, 1.54) is 6.42 Å². The van der Waals surface area contributed by atoms with Crippen molar-refractivity contribution in [2.45, 2.75) is 31.8 Å². The highest BCUT2D eigenvalue weighted by Gasteiger charge is 2.19. The minimum atomic E-state index is 0.0990. The first kappa shape index (κ1) is 8.51. The van der Waals surface area contributed by atoms with E-state index in [-0.39, 0.29) is 5.56 Å². The molecule has 3 nitrogen and oxygen atoms in total. The van der Waals surface area contributed by atoms with Gasteiger partial charge in [0.1, 0.15) is 0 Å². The highest BCUT2D eigenvalue weighted by atomic mass is 16.1. The Bertz CT molecular complexity index is 352. The molecule has 0 aromatic carbocycles. The topological polar surface area (TPSA) is 48.0 Å². The summed E-state index contributed by atoms with van der Waals surface area (Å²) < 4.78 is 1.83. The molecule has 0 bridgehead atoms. The molecule has 0 aliphatic heterocycles. The van der Waals surface area contributed by atoms with E-state index in [4.69, 9.17) is 5.73 Å². The third-order valence-electron chi connectivity index (χ3n) is 2.70. The molecule has 3 heteroatoms. The van der Waals surface area contributed by atoms with Gasteiger partial charge in [-0.2, -0.15) is 0 Å². The molecule has 1 aromatic rings. The largest absolute Gasteiger partial charge is 0.326 e. The molecule has 13 heavy (non-hydrogen) atoms. The van der Waals surface area contributed by atoms with E-state index in [9.17, 15) is 4.79 Å². The van der Waals surface area contributed by atoms with Crippen LogP contribution in [0.1, 0.15) is 30.9 Å². The lowest BCUT2D eigenvalue weighted by Gasteiger charge is -2.27. The summed E-state index contributed by atoms with van der Waals surface area (Å²) in [7, 11) is 0. The van der Waals surface area contributed by atoms with Crippen molar-refractivity contribution in [3.8, 4) is 0 Å². The third-order valence-corrected chi connectivity index (χ3v) is 2.70. The van der Waals surface area contributed by atoms with Crippen molar-refractivity contribution in [2.75, 3.05) is 0 Å². The van der Waals surface area contributed by atoms with E-state index in [0.717, 1.165) is 18.4 Å². The molecule has 0 spiro atoms. The fourth-order valence-corrected chi connectivity index (χ4v) is 1.62. The molecule has 1 saturated carbocycles. The van der Waals surface area contributed by atoms with Crippen LogP contribution >= 0.6 is 0 Å². The molecule has 0 amide bonds. The Kier molecular flexibility index (Phi) is 2.19. The summed E-state index contributed by atoms with van der Waals surface area (Å²) in [5.74, 6) is 0. The second-order valence-corrected chi connectivity index (χ2v) is 3.57. The SMILES string of the molecule is NCc1ccc(=O)n(C2CCC2)c1. The molecule has 1 heterocycles. The van der Waals surface area contributed by atoms with Gasteiger partial charge in [0.15, 0.2) is 0 Å². The van der Waals surface area contributed by atoms with Crippen LogP contribution in [0, 0.1) is 0 Å². The molecule has 0 saturated heterocycles. The Hall–Kier alpha value is -1.09. The molecule has 0 unspecified atom stereocenters. The fourth-order valence-electron chi connectivity index (χ4n) is 1.62. The maximum atomic E-state index is 11.4. The number of hydrogen-bond donors (Lipinski definition) is 1. The van der Waals surface area contributed by atoms with Crippen LogP contribution < -0.4 is 11.3 Å². The van der Waals surface area contributed by atoms with Crippen molar-refractivity contribution in [3.63, 3.8) is 0 Å². The highest BCUT2D eigenvalue weighted by molar-refractivity contribution is 5.10. The van der Waals surface area contributed by atoms with Gasteiger partial charge in [0, 0.05) is 24.8 Å². The van der Waals surface area contributed by atoms with Crippen LogP contribution in [0.15, 0.2) is 23.1 Å². The van der Waals surface area contributed by atoms with E-state index in [0.29, 0.717) is 12.6 Å². The zero-order chi connectivity index (χ0) is 9.26.